The number of H-pyrrole nitrogens is 1. The number of aliphatic hydroxyl groups is 1. The fraction of sp³-hybridized carbons (Fsp3) is 0.522. The lowest BCUT2D eigenvalue weighted by Crippen LogP contribution is -2.43. The Morgan fingerprint density at radius 1 is 1.25 bits per heavy atom. The third kappa shape index (κ3) is 6.50. The molecule has 1 fully saturated rings. The van der Waals surface area contributed by atoms with Gasteiger partial charge in [0.1, 0.15) is 18.0 Å². The second-order valence-corrected chi connectivity index (χ2v) is 11.0. The van der Waals surface area contributed by atoms with Crippen LogP contribution in [-0.2, 0) is 23.4 Å². The number of para-hydroxylation sites is 1. The Kier molecular flexibility index (Phi) is 8.55. The van der Waals surface area contributed by atoms with Crippen molar-refractivity contribution in [1.29, 1.82) is 0 Å². The van der Waals surface area contributed by atoms with E-state index in [1.807, 2.05) is 4.98 Å². The Morgan fingerprint density at radius 3 is 2.53 bits per heavy atom. The molecule has 0 spiro atoms. The molecule has 1 saturated heterocycles. The molecule has 1 aliphatic heterocycles. The Hall–Kier alpha value is -2.79. The summed E-state index contributed by atoms with van der Waals surface area (Å²) in [6.45, 7) is 5.32. The first-order valence-electron chi connectivity index (χ1n) is 11.3. The van der Waals surface area contributed by atoms with Crippen molar-refractivity contribution < 1.29 is 37.4 Å². The molecule has 11 nitrogen and oxygen atoms in total. The Bertz CT molecular complexity index is 1210. The number of aromatic nitrogens is 2. The molecule has 2 N–H and O–H groups in total. The fourth-order valence-electron chi connectivity index (χ4n) is 3.67. The number of halogens is 1. The van der Waals surface area contributed by atoms with Crippen LogP contribution in [0, 0.1) is 5.92 Å². The number of carbonyl (C=O) groups excluding carboxylic acids is 1. The minimum Gasteiger partial charge on any atom is -0.463 e. The van der Waals surface area contributed by atoms with Crippen molar-refractivity contribution in [2.24, 2.45) is 5.92 Å². The van der Waals surface area contributed by atoms with Crippen LogP contribution in [-0.4, -0.2) is 57.4 Å². The van der Waals surface area contributed by atoms with Gasteiger partial charge in [0, 0.05) is 12.3 Å². The number of nitrogens with zero attached hydrogens (tertiary/aromatic N) is 1. The second-order valence-electron chi connectivity index (χ2n) is 9.02. The molecule has 1 aromatic heterocycles. The molecule has 2 aromatic rings. The Balaban J connectivity index is 1.80. The maximum Gasteiger partial charge on any atom is 0.380 e. The molecule has 1 unspecified atom stereocenters. The minimum absolute atomic E-state index is 0.214. The summed E-state index contributed by atoms with van der Waals surface area (Å²) in [7, 11) is -4.05. The summed E-state index contributed by atoms with van der Waals surface area (Å²) in [4.78, 5) is 37.8. The molecule has 36 heavy (non-hydrogen) atoms. The standard InChI is InChI=1S/C23H30FN2O9P/c1-14(2)33-20(29)15(3)13-36(31,35-16-8-6-5-7-9-16)32-12-17-19(28)23(4,24)21(34-17)26-11-10-18(27)25-22(26)30/h5-11,14-15,17,19,21,28H,12-13H2,1-4H3,(H,25,27,30)/t15-,17-,19+,21-,23?,36-/m1/s1. The zero-order chi connectivity index (χ0) is 26.7. The molecular weight excluding hydrogens is 498 g/mol. The van der Waals surface area contributed by atoms with Gasteiger partial charge < -0.3 is 19.1 Å². The van der Waals surface area contributed by atoms with Crippen molar-refractivity contribution in [2.75, 3.05) is 12.8 Å². The first-order chi connectivity index (χ1) is 16.8. The summed E-state index contributed by atoms with van der Waals surface area (Å²) in [5.74, 6) is -1.25. The molecule has 0 amide bonds. The highest BCUT2D eigenvalue weighted by Crippen LogP contribution is 2.51. The van der Waals surface area contributed by atoms with Crippen molar-refractivity contribution >= 4 is 13.6 Å². The van der Waals surface area contributed by atoms with Gasteiger partial charge in [0.2, 0.25) is 0 Å². The third-order valence-corrected chi connectivity index (χ3v) is 7.52. The number of ether oxygens (including phenoxy) is 2. The van der Waals surface area contributed by atoms with Crippen LogP contribution < -0.4 is 15.8 Å². The molecule has 0 saturated carbocycles. The number of benzene rings is 1. The van der Waals surface area contributed by atoms with Crippen LogP contribution in [0.15, 0.2) is 52.2 Å². The summed E-state index contributed by atoms with van der Waals surface area (Å²) in [6.07, 6.45) is -4.42. The SMILES string of the molecule is CC(C)OC(=O)[C@H](C)C[P@@](=O)(OC[C@H]1O[C@@H](n2ccc(=O)[nH]c2=O)C(C)(F)[C@H]1O)Oc1ccccc1. The number of carbonyl (C=O) groups is 1. The van der Waals surface area contributed by atoms with E-state index in [1.165, 1.54) is 6.92 Å². The zero-order valence-electron chi connectivity index (χ0n) is 20.3. The van der Waals surface area contributed by atoms with Crippen LogP contribution in [0.4, 0.5) is 4.39 Å². The third-order valence-electron chi connectivity index (χ3n) is 5.50. The van der Waals surface area contributed by atoms with Crippen molar-refractivity contribution in [3.05, 3.63) is 63.4 Å². The van der Waals surface area contributed by atoms with Gasteiger partial charge in [0.15, 0.2) is 11.9 Å². The first kappa shape index (κ1) is 27.8. The average molecular weight is 528 g/mol. The van der Waals surface area contributed by atoms with E-state index in [0.717, 1.165) is 23.8 Å². The summed E-state index contributed by atoms with van der Waals surface area (Å²) < 4.78 is 51.8. The van der Waals surface area contributed by atoms with Gasteiger partial charge in [-0.15, -0.1) is 0 Å². The van der Waals surface area contributed by atoms with Gasteiger partial charge in [-0.05, 0) is 32.9 Å². The number of hydrogen-bond acceptors (Lipinski definition) is 9. The Labute approximate surface area is 206 Å². The van der Waals surface area contributed by atoms with Crippen LogP contribution in [0.2, 0.25) is 0 Å². The van der Waals surface area contributed by atoms with Crippen LogP contribution >= 0.6 is 7.60 Å². The van der Waals surface area contributed by atoms with Gasteiger partial charge in [0.05, 0.1) is 24.8 Å². The van der Waals surface area contributed by atoms with Gasteiger partial charge in [-0.2, -0.15) is 0 Å². The van der Waals surface area contributed by atoms with Gasteiger partial charge in [-0.25, -0.2) is 13.8 Å². The van der Waals surface area contributed by atoms with Gasteiger partial charge in [-0.1, -0.05) is 25.1 Å². The number of esters is 1. The van der Waals surface area contributed by atoms with Crippen LogP contribution in [0.3, 0.4) is 0 Å². The zero-order valence-corrected chi connectivity index (χ0v) is 21.2. The molecule has 198 valence electrons. The molecule has 0 radical (unpaired) electrons. The first-order valence-corrected chi connectivity index (χ1v) is 13.1. The number of nitrogens with one attached hydrogen (secondary N) is 1. The molecule has 1 aromatic carbocycles. The molecule has 0 bridgehead atoms. The maximum atomic E-state index is 15.4. The topological polar surface area (TPSA) is 146 Å². The highest BCUT2D eigenvalue weighted by molar-refractivity contribution is 7.54. The van der Waals surface area contributed by atoms with Gasteiger partial charge in [0.25, 0.3) is 5.56 Å². The number of aliphatic hydroxyl groups excluding tert-OH is 1. The monoisotopic (exact) mass is 528 g/mol. The second kappa shape index (κ2) is 11.1. The van der Waals surface area contributed by atoms with E-state index in [1.54, 1.807) is 44.2 Å². The van der Waals surface area contributed by atoms with Crippen LogP contribution in [0.5, 0.6) is 5.75 Å². The van der Waals surface area contributed by atoms with Crippen molar-refractivity contribution in [1.82, 2.24) is 9.55 Å². The van der Waals surface area contributed by atoms with Crippen LogP contribution in [0.25, 0.3) is 0 Å². The quantitative estimate of drug-likeness (QED) is 0.351. The van der Waals surface area contributed by atoms with Crippen LogP contribution in [0.1, 0.15) is 33.9 Å². The van der Waals surface area contributed by atoms with E-state index in [2.05, 4.69) is 0 Å². The van der Waals surface area contributed by atoms with E-state index >= 15 is 4.39 Å². The van der Waals surface area contributed by atoms with E-state index in [4.69, 9.17) is 18.5 Å². The fourth-order valence-corrected chi connectivity index (χ4v) is 5.54. The largest absolute Gasteiger partial charge is 0.463 e. The van der Waals surface area contributed by atoms with Gasteiger partial charge in [-0.3, -0.25) is 23.7 Å². The molecule has 6 atom stereocenters. The lowest BCUT2D eigenvalue weighted by Gasteiger charge is -2.25. The lowest BCUT2D eigenvalue weighted by molar-refractivity contribution is -0.151. The number of rotatable bonds is 10. The molecular formula is C23H30FN2O9P. The number of hydrogen-bond donors (Lipinski definition) is 2. The average Bonchev–Trinajstić information content (AvgIpc) is 3.01. The highest BCUT2D eigenvalue weighted by Gasteiger charge is 2.55. The van der Waals surface area contributed by atoms with E-state index < -0.39 is 61.4 Å². The summed E-state index contributed by atoms with van der Waals surface area (Å²) >= 11 is 0. The summed E-state index contributed by atoms with van der Waals surface area (Å²) in [5.41, 5.74) is -4.07. The summed E-state index contributed by atoms with van der Waals surface area (Å²) in [5, 5.41) is 10.6. The van der Waals surface area contributed by atoms with E-state index in [0.29, 0.717) is 0 Å². The predicted molar refractivity (Wildman–Crippen MR) is 127 cm³/mol. The molecule has 1 aliphatic rings. The smallest absolute Gasteiger partial charge is 0.380 e. The number of alkyl halides is 1. The lowest BCUT2D eigenvalue weighted by atomic mass is 9.98. The van der Waals surface area contributed by atoms with Crippen molar-refractivity contribution in [3.8, 4) is 5.75 Å². The van der Waals surface area contributed by atoms with Gasteiger partial charge >= 0.3 is 19.3 Å². The molecule has 13 heteroatoms. The minimum atomic E-state index is -4.05. The molecule has 0 aliphatic carbocycles. The van der Waals surface area contributed by atoms with E-state index in [9.17, 15) is 24.1 Å². The maximum absolute atomic E-state index is 15.4. The van der Waals surface area contributed by atoms with E-state index in [-0.39, 0.29) is 18.0 Å². The highest BCUT2D eigenvalue weighted by atomic mass is 31.2. The molecule has 3 rings (SSSR count). The molecule has 2 heterocycles. The predicted octanol–water partition coefficient (Wildman–Crippen LogP) is 2.40. The van der Waals surface area contributed by atoms with Crippen molar-refractivity contribution in [3.63, 3.8) is 0 Å². The van der Waals surface area contributed by atoms with Crippen molar-refractivity contribution in [2.45, 2.75) is 57.9 Å². The summed E-state index contributed by atoms with van der Waals surface area (Å²) in [6, 6.07) is 9.14. The Morgan fingerprint density at radius 2 is 1.92 bits per heavy atom. The number of aromatic amines is 1. The normalized spacial score (nSPS) is 26.4.